The Bertz CT molecular complexity index is 1970. The molecule has 0 spiro atoms. The van der Waals surface area contributed by atoms with Crippen molar-refractivity contribution in [2.75, 3.05) is 0 Å². The molecule has 1 saturated carbocycles. The molecule has 1 aliphatic carbocycles. The molecule has 1 heterocycles. The molecule has 0 unspecified atom stereocenters. The lowest BCUT2D eigenvalue weighted by molar-refractivity contribution is -0.145. The highest BCUT2D eigenvalue weighted by Gasteiger charge is 2.39. The molecule has 6 rings (SSSR count). The lowest BCUT2D eigenvalue weighted by Crippen LogP contribution is -2.56. The number of nitrogens with zero attached hydrogens (tertiary/aromatic N) is 1. The molecule has 2 aliphatic rings. The average molecular weight is 753 g/mol. The van der Waals surface area contributed by atoms with Gasteiger partial charge in [-0.3, -0.25) is 9.59 Å². The third-order valence-corrected chi connectivity index (χ3v) is 10.1. The van der Waals surface area contributed by atoms with E-state index in [1.165, 1.54) is 17.0 Å². The van der Waals surface area contributed by atoms with Crippen LogP contribution in [0.3, 0.4) is 0 Å². The van der Waals surface area contributed by atoms with Gasteiger partial charge >= 0.3 is 18.3 Å². The van der Waals surface area contributed by atoms with Gasteiger partial charge in [0.1, 0.15) is 24.4 Å². The standard InChI is InChI=1S/C41H38F6N2O5/c42-40(43,44)32-15-17-34(41(45,46)47)31(20-32)24-54-33-16-14-29-22-36(49(23-30(29)21-33)37(50)19-25-6-4-5-7-25)38(51)48-35(39(52)53)18-26-10-12-28(13-11-26)27-8-2-1-3-9-27/h1-3,8-17,20-21,25,35-36H,4-7,18-19,22-24H2,(H,48,51)(H,52,53)/t35-,36-/m0/s1. The van der Waals surface area contributed by atoms with E-state index >= 15 is 0 Å². The van der Waals surface area contributed by atoms with Crippen LogP contribution in [0.5, 0.6) is 5.75 Å². The molecule has 0 saturated heterocycles. The van der Waals surface area contributed by atoms with E-state index in [0.29, 0.717) is 34.9 Å². The zero-order valence-electron chi connectivity index (χ0n) is 29.1. The van der Waals surface area contributed by atoms with Gasteiger partial charge in [0.2, 0.25) is 11.8 Å². The molecule has 0 radical (unpaired) electrons. The highest BCUT2D eigenvalue weighted by molar-refractivity contribution is 5.91. The van der Waals surface area contributed by atoms with Crippen molar-refractivity contribution in [1.82, 2.24) is 10.2 Å². The van der Waals surface area contributed by atoms with Crippen LogP contribution in [0.25, 0.3) is 11.1 Å². The van der Waals surface area contributed by atoms with Gasteiger partial charge in [-0.2, -0.15) is 26.3 Å². The largest absolute Gasteiger partial charge is 0.489 e. The number of hydrogen-bond acceptors (Lipinski definition) is 4. The summed E-state index contributed by atoms with van der Waals surface area (Å²) in [5.74, 6) is -1.97. The van der Waals surface area contributed by atoms with Crippen molar-refractivity contribution in [3.05, 3.63) is 124 Å². The fraction of sp³-hybridized carbons (Fsp3) is 0.341. The van der Waals surface area contributed by atoms with E-state index in [1.54, 1.807) is 18.2 Å². The summed E-state index contributed by atoms with van der Waals surface area (Å²) in [5.41, 5.74) is 0.613. The van der Waals surface area contributed by atoms with Gasteiger partial charge in [0.15, 0.2) is 0 Å². The third kappa shape index (κ3) is 9.23. The first kappa shape index (κ1) is 38.4. The number of amides is 2. The number of nitrogens with one attached hydrogen (secondary N) is 1. The summed E-state index contributed by atoms with van der Waals surface area (Å²) in [6.07, 6.45) is -5.85. The van der Waals surface area contributed by atoms with Gasteiger partial charge in [0.05, 0.1) is 11.1 Å². The van der Waals surface area contributed by atoms with Crippen molar-refractivity contribution >= 4 is 17.8 Å². The van der Waals surface area contributed by atoms with Crippen molar-refractivity contribution < 1.29 is 50.6 Å². The number of benzene rings is 4. The third-order valence-electron chi connectivity index (χ3n) is 10.1. The fourth-order valence-corrected chi connectivity index (χ4v) is 7.22. The van der Waals surface area contributed by atoms with Crippen molar-refractivity contribution in [1.29, 1.82) is 0 Å². The van der Waals surface area contributed by atoms with Crippen molar-refractivity contribution in [2.45, 2.75) is 82.5 Å². The summed E-state index contributed by atoms with van der Waals surface area (Å²) in [4.78, 5) is 41.4. The summed E-state index contributed by atoms with van der Waals surface area (Å²) in [6, 6.07) is 20.4. The van der Waals surface area contributed by atoms with Gasteiger partial charge in [-0.25, -0.2) is 4.79 Å². The molecule has 0 aromatic heterocycles. The molecule has 54 heavy (non-hydrogen) atoms. The first-order chi connectivity index (χ1) is 25.7. The molecule has 4 aromatic rings. The molecule has 1 aliphatic heterocycles. The Hall–Kier alpha value is -5.33. The van der Waals surface area contributed by atoms with Crippen molar-refractivity contribution in [3.8, 4) is 16.9 Å². The number of halogens is 6. The molecule has 2 N–H and O–H groups in total. The normalized spacial score (nSPS) is 16.8. The van der Waals surface area contributed by atoms with Crippen molar-refractivity contribution in [2.24, 2.45) is 5.92 Å². The van der Waals surface area contributed by atoms with Gasteiger partial charge in [-0.1, -0.05) is 73.5 Å². The Morgan fingerprint density at radius 1 is 0.815 bits per heavy atom. The maximum absolute atomic E-state index is 13.9. The Labute approximate surface area is 307 Å². The van der Waals surface area contributed by atoms with Crippen LogP contribution in [0.4, 0.5) is 26.3 Å². The monoisotopic (exact) mass is 752 g/mol. The average Bonchev–Trinajstić information content (AvgIpc) is 3.65. The predicted molar refractivity (Wildman–Crippen MR) is 187 cm³/mol. The van der Waals surface area contributed by atoms with E-state index in [9.17, 15) is 45.8 Å². The highest BCUT2D eigenvalue weighted by Crippen LogP contribution is 2.38. The lowest BCUT2D eigenvalue weighted by Gasteiger charge is -2.37. The predicted octanol–water partition coefficient (Wildman–Crippen LogP) is 8.62. The van der Waals surface area contributed by atoms with Gasteiger partial charge in [-0.05, 0) is 76.9 Å². The second-order valence-electron chi connectivity index (χ2n) is 13.8. The number of fused-ring (bicyclic) bond motifs is 1. The summed E-state index contributed by atoms with van der Waals surface area (Å²) in [5, 5.41) is 12.7. The summed E-state index contributed by atoms with van der Waals surface area (Å²) < 4.78 is 86.6. The maximum Gasteiger partial charge on any atom is 0.416 e. The van der Waals surface area contributed by atoms with E-state index in [1.807, 2.05) is 42.5 Å². The maximum atomic E-state index is 13.9. The summed E-state index contributed by atoms with van der Waals surface area (Å²) >= 11 is 0. The van der Waals surface area contributed by atoms with Crippen LogP contribution in [0, 0.1) is 5.92 Å². The van der Waals surface area contributed by atoms with Gasteiger partial charge in [-0.15, -0.1) is 0 Å². The zero-order valence-corrected chi connectivity index (χ0v) is 29.1. The molecule has 1 fully saturated rings. The van der Waals surface area contributed by atoms with Crippen LogP contribution in [-0.4, -0.2) is 39.9 Å². The quantitative estimate of drug-likeness (QED) is 0.150. The number of ether oxygens (including phenoxy) is 1. The second-order valence-corrected chi connectivity index (χ2v) is 13.8. The van der Waals surface area contributed by atoms with E-state index in [2.05, 4.69) is 5.32 Å². The number of rotatable bonds is 11. The van der Waals surface area contributed by atoms with E-state index in [0.717, 1.165) is 36.8 Å². The minimum atomic E-state index is -4.92. The zero-order chi connectivity index (χ0) is 38.6. The Morgan fingerprint density at radius 2 is 1.50 bits per heavy atom. The molecule has 2 atom stereocenters. The molecule has 13 heteroatoms. The number of carboxylic acids is 1. The van der Waals surface area contributed by atoms with Crippen LogP contribution in [0.2, 0.25) is 0 Å². The summed E-state index contributed by atoms with van der Waals surface area (Å²) in [6.45, 7) is -0.870. The van der Waals surface area contributed by atoms with Crippen LogP contribution in [0.15, 0.2) is 91.0 Å². The molecular weight excluding hydrogens is 714 g/mol. The number of carbonyl (C=O) groups is 3. The Balaban J connectivity index is 1.20. The Kier molecular flexibility index (Phi) is 11.3. The van der Waals surface area contributed by atoms with Crippen LogP contribution in [-0.2, 0) is 52.7 Å². The molecule has 2 amide bonds. The minimum Gasteiger partial charge on any atom is -0.489 e. The molecule has 4 aromatic carbocycles. The van der Waals surface area contributed by atoms with Crippen LogP contribution >= 0.6 is 0 Å². The minimum absolute atomic E-state index is 0.00188. The molecule has 284 valence electrons. The van der Waals surface area contributed by atoms with Gasteiger partial charge in [0, 0.05) is 31.4 Å². The second kappa shape index (κ2) is 16.0. The fourth-order valence-electron chi connectivity index (χ4n) is 7.22. The molecule has 7 nitrogen and oxygen atoms in total. The van der Waals surface area contributed by atoms with E-state index in [-0.39, 0.29) is 43.4 Å². The van der Waals surface area contributed by atoms with Crippen molar-refractivity contribution in [3.63, 3.8) is 0 Å². The van der Waals surface area contributed by atoms with E-state index < -0.39 is 59.6 Å². The summed E-state index contributed by atoms with van der Waals surface area (Å²) in [7, 11) is 0. The number of hydrogen-bond donors (Lipinski definition) is 2. The highest BCUT2D eigenvalue weighted by atomic mass is 19.4. The van der Waals surface area contributed by atoms with Gasteiger partial charge < -0.3 is 20.1 Å². The first-order valence-electron chi connectivity index (χ1n) is 17.6. The number of alkyl halides is 6. The number of carboxylic acid groups (broad SMARTS) is 1. The lowest BCUT2D eigenvalue weighted by atomic mass is 9.91. The number of aliphatic carboxylic acids is 1. The SMILES string of the molecule is O=C(O)[C@H](Cc1ccc(-c2ccccc2)cc1)NC(=O)[C@@H]1Cc2ccc(OCc3cc(C(F)(F)F)ccc3C(F)(F)F)cc2CN1C(=O)CC1CCCC1. The van der Waals surface area contributed by atoms with Crippen LogP contribution in [0.1, 0.15) is 65.5 Å². The Morgan fingerprint density at radius 3 is 2.15 bits per heavy atom. The first-order valence-corrected chi connectivity index (χ1v) is 17.6. The molecular formula is C41H38F6N2O5. The van der Waals surface area contributed by atoms with Gasteiger partial charge in [0.25, 0.3) is 0 Å². The van der Waals surface area contributed by atoms with Crippen LogP contribution < -0.4 is 10.1 Å². The smallest absolute Gasteiger partial charge is 0.416 e. The molecule has 0 bridgehead atoms. The topological polar surface area (TPSA) is 95.9 Å². The van der Waals surface area contributed by atoms with E-state index in [4.69, 9.17) is 4.74 Å². The number of carbonyl (C=O) groups excluding carboxylic acids is 2.